The summed E-state index contributed by atoms with van der Waals surface area (Å²) in [5.41, 5.74) is 0.278. The number of imidazole rings is 2. The Balaban J connectivity index is 1.65. The first-order valence-corrected chi connectivity index (χ1v) is 17.2. The molecule has 0 spiro atoms. The Morgan fingerprint density at radius 1 is 0.581 bits per heavy atom. The molecule has 0 aliphatic heterocycles. The summed E-state index contributed by atoms with van der Waals surface area (Å²) < 4.78 is 12.1. The van der Waals surface area contributed by atoms with Crippen molar-refractivity contribution in [2.24, 2.45) is 10.8 Å². The van der Waals surface area contributed by atoms with Gasteiger partial charge in [0.05, 0.1) is 12.4 Å². The lowest BCUT2D eigenvalue weighted by Gasteiger charge is -2.32. The number of hydrogen-bond acceptors (Lipinski definition) is 5. The quantitative estimate of drug-likeness (QED) is 0.122. The largest absolute Gasteiger partial charge is 0.493 e. The minimum absolute atomic E-state index is 0.0640. The van der Waals surface area contributed by atoms with Crippen molar-refractivity contribution in [1.29, 1.82) is 0 Å². The molecule has 0 bridgehead atoms. The van der Waals surface area contributed by atoms with Crippen LogP contribution in [0.5, 0.6) is 11.8 Å². The number of nitrogens with zero attached hydrogens (tertiary/aromatic N) is 4. The molecule has 0 amide bonds. The van der Waals surface area contributed by atoms with Crippen LogP contribution in [-0.4, -0.2) is 41.7 Å². The maximum absolute atomic E-state index is 12.5. The van der Waals surface area contributed by atoms with Crippen LogP contribution in [0, 0.1) is 10.8 Å². The van der Waals surface area contributed by atoms with E-state index < -0.39 is 0 Å². The molecule has 2 aromatic rings. The lowest BCUT2D eigenvalue weighted by atomic mass is 9.74. The first-order valence-electron chi connectivity index (χ1n) is 17.2. The highest BCUT2D eigenvalue weighted by molar-refractivity contribution is 5.06. The van der Waals surface area contributed by atoms with Gasteiger partial charge in [0.2, 0.25) is 11.8 Å². The minimum atomic E-state index is -0.123. The molecule has 2 rings (SSSR count). The van der Waals surface area contributed by atoms with Crippen LogP contribution in [0.2, 0.25) is 0 Å². The highest BCUT2D eigenvalue weighted by atomic mass is 16.5. The second-order valence-electron chi connectivity index (χ2n) is 12.6. The molecular weight excluding hydrogens is 544 g/mol. The zero-order valence-corrected chi connectivity index (χ0v) is 28.2. The molecule has 9 heteroatoms. The summed E-state index contributed by atoms with van der Waals surface area (Å²) in [6.45, 7) is 16.8. The average Bonchev–Trinajstić information content (AvgIpc) is 3.46. The molecule has 0 aliphatic rings. The summed E-state index contributed by atoms with van der Waals surface area (Å²) in [6, 6.07) is 0. The second-order valence-corrected chi connectivity index (χ2v) is 12.6. The van der Waals surface area contributed by atoms with Gasteiger partial charge in [-0.15, -0.1) is 0 Å². The van der Waals surface area contributed by atoms with Crippen LogP contribution in [0.3, 0.4) is 0 Å². The molecule has 43 heavy (non-hydrogen) atoms. The molecule has 0 radical (unpaired) electrons. The number of ether oxygens (including phenoxy) is 1. The minimum Gasteiger partial charge on any atom is -0.493 e. The van der Waals surface area contributed by atoms with Gasteiger partial charge in [-0.1, -0.05) is 72.6 Å². The fraction of sp³-hybridized carbons (Fsp3) is 0.824. The molecule has 0 fully saturated rings. The van der Waals surface area contributed by atoms with E-state index in [0.717, 1.165) is 90.3 Å². The van der Waals surface area contributed by atoms with Crippen LogP contribution in [0.4, 0.5) is 0 Å². The van der Waals surface area contributed by atoms with Crippen molar-refractivity contribution in [1.82, 2.24) is 18.3 Å². The molecule has 0 aromatic carbocycles. The summed E-state index contributed by atoms with van der Waals surface area (Å²) in [6.07, 6.45) is 18.3. The molecule has 0 saturated heterocycles. The van der Waals surface area contributed by atoms with Gasteiger partial charge in [0, 0.05) is 39.4 Å². The monoisotopic (exact) mass is 606 g/mol. The second kappa shape index (κ2) is 18.4. The number of hydrogen-bond donors (Lipinski definition) is 2. The Morgan fingerprint density at radius 2 is 0.977 bits per heavy atom. The molecule has 2 aromatic heterocycles. The zero-order valence-electron chi connectivity index (χ0n) is 28.2. The SMILES string of the molecule is CCn1cc(O)n(CCCCC(CC)(CC)CCCCOCCCCC(CC)(CC)CCn2c(O)cn(CC)c2=O)c1=O. The standard InChI is InChI=1S/C34H62N4O5/c1-7-33(8-2,19-13-16-23-37-29(39)27-35(11-5)31(37)41)20-14-17-25-43-26-18-15-21-34(9-3,10-4)22-24-38-30(40)28-36(12-6)32(38)42/h27-28,39-40H,7-26H2,1-6H3. The lowest BCUT2D eigenvalue weighted by molar-refractivity contribution is 0.113. The first-order chi connectivity index (χ1) is 20.6. The molecule has 2 N–H and O–H groups in total. The van der Waals surface area contributed by atoms with Crippen molar-refractivity contribution in [3.8, 4) is 11.8 Å². The Bertz CT molecular complexity index is 1170. The van der Waals surface area contributed by atoms with Gasteiger partial charge in [-0.2, -0.15) is 0 Å². The van der Waals surface area contributed by atoms with E-state index in [1.54, 1.807) is 9.13 Å². The normalized spacial score (nSPS) is 12.4. The smallest absolute Gasteiger partial charge is 0.331 e. The van der Waals surface area contributed by atoms with Gasteiger partial charge in [0.15, 0.2) is 0 Å². The van der Waals surface area contributed by atoms with Crippen molar-refractivity contribution in [3.63, 3.8) is 0 Å². The zero-order chi connectivity index (χ0) is 31.9. The lowest BCUT2D eigenvalue weighted by Crippen LogP contribution is -2.27. The fourth-order valence-corrected chi connectivity index (χ4v) is 6.70. The van der Waals surface area contributed by atoms with Gasteiger partial charge in [-0.25, -0.2) is 9.59 Å². The van der Waals surface area contributed by atoms with Crippen LogP contribution < -0.4 is 11.4 Å². The average molecular weight is 607 g/mol. The molecule has 248 valence electrons. The van der Waals surface area contributed by atoms with E-state index >= 15 is 0 Å². The third-order valence-electron chi connectivity index (χ3n) is 10.4. The van der Waals surface area contributed by atoms with Crippen LogP contribution >= 0.6 is 0 Å². The maximum atomic E-state index is 12.5. The van der Waals surface area contributed by atoms with E-state index in [2.05, 4.69) is 27.7 Å². The summed E-state index contributed by atoms with van der Waals surface area (Å²) >= 11 is 0. The van der Waals surface area contributed by atoms with Crippen LogP contribution in [0.25, 0.3) is 0 Å². The molecule has 2 heterocycles. The third-order valence-corrected chi connectivity index (χ3v) is 10.4. The fourth-order valence-electron chi connectivity index (χ4n) is 6.70. The number of aromatic nitrogens is 4. The highest BCUT2D eigenvalue weighted by Gasteiger charge is 2.27. The predicted octanol–water partition coefficient (Wildman–Crippen LogP) is 7.29. The van der Waals surface area contributed by atoms with Crippen molar-refractivity contribution in [2.75, 3.05) is 13.2 Å². The predicted molar refractivity (Wildman–Crippen MR) is 175 cm³/mol. The number of aryl methyl sites for hydroxylation is 2. The van der Waals surface area contributed by atoms with Crippen LogP contribution in [0.15, 0.2) is 22.0 Å². The topological polar surface area (TPSA) is 104 Å². The van der Waals surface area contributed by atoms with E-state index in [1.807, 2.05) is 13.8 Å². The molecule has 0 aliphatic carbocycles. The molecule has 0 atom stereocenters. The van der Waals surface area contributed by atoms with Crippen LogP contribution in [-0.2, 0) is 30.9 Å². The maximum Gasteiger partial charge on any atom is 0.331 e. The van der Waals surface area contributed by atoms with Gasteiger partial charge in [0.25, 0.3) is 0 Å². The molecule has 0 unspecified atom stereocenters. The Kier molecular flexibility index (Phi) is 15.7. The third kappa shape index (κ3) is 10.3. The van der Waals surface area contributed by atoms with Crippen LogP contribution in [0.1, 0.15) is 131 Å². The summed E-state index contributed by atoms with van der Waals surface area (Å²) in [5, 5.41) is 20.3. The molecular formula is C34H62N4O5. The van der Waals surface area contributed by atoms with Crippen molar-refractivity contribution >= 4 is 0 Å². The van der Waals surface area contributed by atoms with Gasteiger partial charge in [-0.05, 0) is 69.6 Å². The Morgan fingerprint density at radius 3 is 1.37 bits per heavy atom. The number of unbranched alkanes of at least 4 members (excludes halogenated alkanes) is 3. The number of aromatic hydroxyl groups is 2. The molecule has 9 nitrogen and oxygen atoms in total. The Labute approximate surface area is 259 Å². The summed E-state index contributed by atoms with van der Waals surface area (Å²) in [5.74, 6) is 0.130. The van der Waals surface area contributed by atoms with E-state index in [0.29, 0.717) is 31.6 Å². The highest BCUT2D eigenvalue weighted by Crippen LogP contribution is 2.38. The van der Waals surface area contributed by atoms with Crippen molar-refractivity contribution < 1.29 is 14.9 Å². The molecule has 0 saturated carbocycles. The van der Waals surface area contributed by atoms with Gasteiger partial charge < -0.3 is 14.9 Å². The Hall–Kier alpha value is -2.42. The van der Waals surface area contributed by atoms with Gasteiger partial charge in [0.1, 0.15) is 0 Å². The number of rotatable bonds is 24. The van der Waals surface area contributed by atoms with E-state index in [1.165, 1.54) is 34.4 Å². The van der Waals surface area contributed by atoms with E-state index in [9.17, 15) is 19.8 Å². The van der Waals surface area contributed by atoms with E-state index in [4.69, 9.17) is 4.74 Å². The summed E-state index contributed by atoms with van der Waals surface area (Å²) in [7, 11) is 0. The van der Waals surface area contributed by atoms with Gasteiger partial charge >= 0.3 is 11.4 Å². The van der Waals surface area contributed by atoms with Gasteiger partial charge in [-0.3, -0.25) is 18.3 Å². The summed E-state index contributed by atoms with van der Waals surface area (Å²) in [4.78, 5) is 24.8. The van der Waals surface area contributed by atoms with E-state index in [-0.39, 0.29) is 28.6 Å². The van der Waals surface area contributed by atoms with Crippen molar-refractivity contribution in [2.45, 2.75) is 158 Å². The van der Waals surface area contributed by atoms with Crippen molar-refractivity contribution in [3.05, 3.63) is 33.4 Å². The first kappa shape index (κ1) is 36.8.